The van der Waals surface area contributed by atoms with Crippen LogP contribution in [0.1, 0.15) is 53.8 Å². The van der Waals surface area contributed by atoms with Crippen molar-refractivity contribution in [2.24, 2.45) is 5.41 Å². The third-order valence-electron chi connectivity index (χ3n) is 3.57. The molecule has 1 rings (SSSR count). The molecular formula is C20H33ClN6O2. The second-order valence-corrected chi connectivity index (χ2v) is 9.76. The lowest BCUT2D eigenvalue weighted by atomic mass is 9.96. The number of carbonyl (C=O) groups is 1. The molecule has 0 aliphatic rings. The fourth-order valence-corrected chi connectivity index (χ4v) is 2.67. The summed E-state index contributed by atoms with van der Waals surface area (Å²) in [4.78, 5) is 23.3. The summed E-state index contributed by atoms with van der Waals surface area (Å²) in [5.41, 5.74) is -0.847. The van der Waals surface area contributed by atoms with Crippen LogP contribution in [-0.4, -0.2) is 65.3 Å². The van der Waals surface area contributed by atoms with Crippen molar-refractivity contribution >= 4 is 23.5 Å². The molecule has 1 aromatic heterocycles. The molecule has 162 valence electrons. The topological polar surface area (TPSA) is 85.6 Å². The number of hydrogen-bond acceptors (Lipinski definition) is 7. The molecule has 9 heteroatoms. The van der Waals surface area contributed by atoms with Crippen molar-refractivity contribution in [1.29, 1.82) is 5.26 Å². The van der Waals surface area contributed by atoms with Gasteiger partial charge in [-0.3, -0.25) is 5.01 Å². The molecule has 0 radical (unpaired) electrons. The van der Waals surface area contributed by atoms with E-state index in [1.807, 2.05) is 66.6 Å². The number of aromatic nitrogens is 2. The Labute approximate surface area is 179 Å². The van der Waals surface area contributed by atoms with Crippen LogP contribution in [0.5, 0.6) is 0 Å². The number of anilines is 1. The van der Waals surface area contributed by atoms with Crippen LogP contribution in [0, 0.1) is 16.7 Å². The predicted molar refractivity (Wildman–Crippen MR) is 115 cm³/mol. The Kier molecular flexibility index (Phi) is 8.66. The van der Waals surface area contributed by atoms with Crippen LogP contribution < -0.4 is 5.01 Å². The van der Waals surface area contributed by atoms with Gasteiger partial charge in [0, 0.05) is 13.1 Å². The van der Waals surface area contributed by atoms with Gasteiger partial charge in [-0.15, -0.1) is 0 Å². The summed E-state index contributed by atoms with van der Waals surface area (Å²) in [6.07, 6.45) is 1.61. The van der Waals surface area contributed by atoms with Crippen molar-refractivity contribution in [3.63, 3.8) is 0 Å². The summed E-state index contributed by atoms with van der Waals surface area (Å²) >= 11 is 6.38. The van der Waals surface area contributed by atoms with Crippen LogP contribution in [0.4, 0.5) is 10.6 Å². The molecule has 29 heavy (non-hydrogen) atoms. The Hall–Kier alpha value is -2.11. The Morgan fingerprint density at radius 2 is 1.83 bits per heavy atom. The smallest absolute Gasteiger partial charge is 0.429 e. The van der Waals surface area contributed by atoms with Crippen molar-refractivity contribution in [3.05, 3.63) is 17.0 Å². The summed E-state index contributed by atoms with van der Waals surface area (Å²) in [6, 6.07) is 1.93. The molecule has 0 aliphatic carbocycles. The van der Waals surface area contributed by atoms with Gasteiger partial charge in [-0.05, 0) is 53.2 Å². The molecule has 0 atom stereocenters. The molecule has 1 heterocycles. The van der Waals surface area contributed by atoms with Gasteiger partial charge in [-0.2, -0.15) is 10.2 Å². The van der Waals surface area contributed by atoms with Crippen molar-refractivity contribution in [3.8, 4) is 6.07 Å². The zero-order valence-corrected chi connectivity index (χ0v) is 19.5. The van der Waals surface area contributed by atoms with Crippen LogP contribution in [0.3, 0.4) is 0 Å². The minimum absolute atomic E-state index is 0.0132. The lowest BCUT2D eigenvalue weighted by Crippen LogP contribution is -2.52. The van der Waals surface area contributed by atoms with Gasteiger partial charge in [0.15, 0.2) is 5.82 Å². The average molecular weight is 425 g/mol. The molecule has 0 saturated carbocycles. The minimum Gasteiger partial charge on any atom is -0.442 e. The first-order chi connectivity index (χ1) is 13.2. The molecule has 0 aromatic carbocycles. The van der Waals surface area contributed by atoms with Crippen LogP contribution in [-0.2, 0) is 4.74 Å². The van der Waals surface area contributed by atoms with E-state index in [1.165, 1.54) is 11.2 Å². The number of carbonyl (C=O) groups excluding carboxylic acids is 1. The van der Waals surface area contributed by atoms with Crippen LogP contribution in [0.2, 0.25) is 5.02 Å². The van der Waals surface area contributed by atoms with E-state index < -0.39 is 11.7 Å². The normalized spacial score (nSPS) is 11.9. The molecule has 0 aliphatic heterocycles. The molecule has 0 spiro atoms. The molecule has 1 aromatic rings. The zero-order valence-electron chi connectivity index (χ0n) is 18.8. The van der Waals surface area contributed by atoms with Gasteiger partial charge in [0.1, 0.15) is 16.7 Å². The number of ether oxygens (including phenoxy) is 1. The van der Waals surface area contributed by atoms with Crippen molar-refractivity contribution < 1.29 is 9.53 Å². The van der Waals surface area contributed by atoms with Crippen molar-refractivity contribution in [2.75, 3.05) is 38.7 Å². The van der Waals surface area contributed by atoms with Gasteiger partial charge in [-0.1, -0.05) is 32.4 Å². The first-order valence-electron chi connectivity index (χ1n) is 9.59. The molecule has 0 fully saturated rings. The van der Waals surface area contributed by atoms with E-state index in [-0.39, 0.29) is 16.3 Å². The maximum absolute atomic E-state index is 13.1. The lowest BCUT2D eigenvalue weighted by Gasteiger charge is -2.40. The highest BCUT2D eigenvalue weighted by molar-refractivity contribution is 6.32. The maximum Gasteiger partial charge on any atom is 0.429 e. The van der Waals surface area contributed by atoms with E-state index in [9.17, 15) is 10.1 Å². The number of halogens is 1. The number of hydrogen-bond donors (Lipinski definition) is 0. The Bertz CT molecular complexity index is 734. The standard InChI is InChI=1S/C20H33ClN6O2/c1-19(2,3)14-27(17-15(21)13-23-16(12-22)24-17)26(11-9-10-25(7)8)18(28)29-20(4,5)6/h13H,9-11,14H2,1-8H3. The molecule has 0 bridgehead atoms. The van der Waals surface area contributed by atoms with Crippen LogP contribution >= 0.6 is 11.6 Å². The van der Waals surface area contributed by atoms with E-state index in [4.69, 9.17) is 16.3 Å². The number of rotatable bonds is 7. The highest BCUT2D eigenvalue weighted by Gasteiger charge is 2.32. The molecular weight excluding hydrogens is 392 g/mol. The van der Waals surface area contributed by atoms with Gasteiger partial charge >= 0.3 is 6.09 Å². The minimum atomic E-state index is -0.655. The Morgan fingerprint density at radius 3 is 2.31 bits per heavy atom. The van der Waals surface area contributed by atoms with Gasteiger partial charge in [-0.25, -0.2) is 14.8 Å². The predicted octanol–water partition coefficient (Wildman–Crippen LogP) is 3.96. The molecule has 0 unspecified atom stereocenters. The van der Waals surface area contributed by atoms with Crippen molar-refractivity contribution in [1.82, 2.24) is 19.9 Å². The highest BCUT2D eigenvalue weighted by Crippen LogP contribution is 2.29. The molecule has 0 N–H and O–H groups in total. The SMILES string of the molecule is CN(C)CCCN(C(=O)OC(C)(C)C)N(CC(C)(C)C)c1nc(C#N)ncc1Cl. The van der Waals surface area contributed by atoms with E-state index in [1.54, 1.807) is 5.01 Å². The van der Waals surface area contributed by atoms with Crippen LogP contribution in [0.25, 0.3) is 0 Å². The largest absolute Gasteiger partial charge is 0.442 e. The lowest BCUT2D eigenvalue weighted by molar-refractivity contribution is 0.0202. The second kappa shape index (κ2) is 10.1. The number of hydrazine groups is 1. The van der Waals surface area contributed by atoms with Gasteiger partial charge in [0.2, 0.25) is 5.82 Å². The number of nitrogens with zero attached hydrogens (tertiary/aromatic N) is 6. The van der Waals surface area contributed by atoms with Gasteiger partial charge in [0.25, 0.3) is 0 Å². The third-order valence-corrected chi connectivity index (χ3v) is 3.83. The zero-order chi connectivity index (χ0) is 22.4. The maximum atomic E-state index is 13.1. The van der Waals surface area contributed by atoms with Gasteiger partial charge < -0.3 is 9.64 Å². The monoisotopic (exact) mass is 424 g/mol. The van der Waals surface area contributed by atoms with E-state index in [0.717, 1.165) is 13.0 Å². The number of amides is 1. The van der Waals surface area contributed by atoms with Crippen molar-refractivity contribution in [2.45, 2.75) is 53.6 Å². The molecule has 8 nitrogen and oxygen atoms in total. The summed E-state index contributed by atoms with van der Waals surface area (Å²) in [6.45, 7) is 13.3. The second-order valence-electron chi connectivity index (χ2n) is 9.36. The Morgan fingerprint density at radius 1 is 1.21 bits per heavy atom. The number of nitriles is 1. The fourth-order valence-electron chi connectivity index (χ4n) is 2.48. The Balaban J connectivity index is 3.41. The third kappa shape index (κ3) is 8.84. The average Bonchev–Trinajstić information content (AvgIpc) is 2.55. The van der Waals surface area contributed by atoms with Gasteiger partial charge in [0.05, 0.1) is 6.20 Å². The first-order valence-corrected chi connectivity index (χ1v) is 9.96. The highest BCUT2D eigenvalue weighted by atomic mass is 35.5. The molecule has 1 amide bonds. The summed E-state index contributed by atoms with van der Waals surface area (Å²) in [5.74, 6) is 0.296. The van der Waals surface area contributed by atoms with Crippen LogP contribution in [0.15, 0.2) is 6.20 Å². The van der Waals surface area contributed by atoms with E-state index in [0.29, 0.717) is 18.9 Å². The fraction of sp³-hybridized carbons (Fsp3) is 0.700. The van der Waals surface area contributed by atoms with E-state index >= 15 is 0 Å². The summed E-state index contributed by atoms with van der Waals surface area (Å²) in [5, 5.41) is 12.7. The van der Waals surface area contributed by atoms with E-state index in [2.05, 4.69) is 9.97 Å². The first kappa shape index (κ1) is 24.9. The summed E-state index contributed by atoms with van der Waals surface area (Å²) < 4.78 is 5.65. The molecule has 0 saturated heterocycles. The summed E-state index contributed by atoms with van der Waals surface area (Å²) in [7, 11) is 3.95. The quantitative estimate of drug-likeness (QED) is 0.612.